The molecule has 0 radical (unpaired) electrons. The standard InChI is InChI=1S/C27H27F6NOS2/c1-2-3-15-4-6-16(7-5-15)18-13-36-26(37-14-18)17-8-23(30)25(24(31)9-17)27(32,33)35-19-10-21(28)20(12-34)22(29)11-19/h8-11,15-16,18,26H,2-7,13-14H2,1H3. The number of halogens is 6. The Bertz CT molecular complexity index is 1110. The summed E-state index contributed by atoms with van der Waals surface area (Å²) >= 11 is 3.14. The minimum atomic E-state index is -4.55. The minimum Gasteiger partial charge on any atom is -0.429 e. The second-order valence-corrected chi connectivity index (χ2v) is 12.3. The van der Waals surface area contributed by atoms with E-state index in [0.717, 1.165) is 29.6 Å². The topological polar surface area (TPSA) is 33.0 Å². The van der Waals surface area contributed by atoms with E-state index in [1.54, 1.807) is 23.5 Å². The third kappa shape index (κ3) is 6.36. The highest BCUT2D eigenvalue weighted by Gasteiger charge is 2.42. The normalized spacial score (nSPS) is 24.5. The molecule has 0 amide bonds. The van der Waals surface area contributed by atoms with Crippen LogP contribution in [0.3, 0.4) is 0 Å². The van der Waals surface area contributed by atoms with E-state index in [9.17, 15) is 26.3 Å². The molecule has 1 saturated carbocycles. The van der Waals surface area contributed by atoms with Crippen LogP contribution in [0, 0.1) is 52.4 Å². The molecular formula is C27H27F6NOS2. The van der Waals surface area contributed by atoms with Crippen LogP contribution in [0.15, 0.2) is 24.3 Å². The van der Waals surface area contributed by atoms with Crippen molar-refractivity contribution in [3.05, 3.63) is 64.2 Å². The molecule has 10 heteroatoms. The summed E-state index contributed by atoms with van der Waals surface area (Å²) in [4.78, 5) is 0. The molecule has 2 aromatic carbocycles. The lowest BCUT2D eigenvalue weighted by Crippen LogP contribution is -2.28. The van der Waals surface area contributed by atoms with Gasteiger partial charge in [-0.3, -0.25) is 0 Å². The van der Waals surface area contributed by atoms with Crippen LogP contribution in [0.5, 0.6) is 5.75 Å². The predicted octanol–water partition coefficient (Wildman–Crippen LogP) is 8.94. The molecule has 2 aromatic rings. The zero-order valence-corrected chi connectivity index (χ0v) is 21.8. The summed E-state index contributed by atoms with van der Waals surface area (Å²) in [5.74, 6) is -3.19. The highest BCUT2D eigenvalue weighted by atomic mass is 32.2. The molecule has 2 fully saturated rings. The van der Waals surface area contributed by atoms with Gasteiger partial charge in [-0.2, -0.15) is 14.0 Å². The second kappa shape index (κ2) is 11.8. The molecule has 1 aliphatic heterocycles. The molecule has 2 aliphatic rings. The average Bonchev–Trinajstić information content (AvgIpc) is 2.84. The molecule has 0 spiro atoms. The maximum atomic E-state index is 14.8. The number of nitriles is 1. The van der Waals surface area contributed by atoms with Crippen molar-refractivity contribution < 1.29 is 31.1 Å². The van der Waals surface area contributed by atoms with E-state index in [4.69, 9.17) is 5.26 Å². The first-order valence-corrected chi connectivity index (χ1v) is 14.4. The molecule has 1 saturated heterocycles. The average molecular weight is 560 g/mol. The quantitative estimate of drug-likeness (QED) is 0.317. The van der Waals surface area contributed by atoms with E-state index < -0.39 is 46.3 Å². The van der Waals surface area contributed by atoms with Gasteiger partial charge in [-0.05, 0) is 59.8 Å². The smallest absolute Gasteiger partial charge is 0.429 e. The van der Waals surface area contributed by atoms with Crippen molar-refractivity contribution in [1.29, 1.82) is 5.26 Å². The lowest BCUT2D eigenvalue weighted by molar-refractivity contribution is -0.189. The van der Waals surface area contributed by atoms with Gasteiger partial charge in [0.05, 0.1) is 4.58 Å². The summed E-state index contributed by atoms with van der Waals surface area (Å²) in [5.41, 5.74) is -2.37. The largest absolute Gasteiger partial charge is 0.432 e. The van der Waals surface area contributed by atoms with Crippen LogP contribution in [-0.2, 0) is 6.11 Å². The number of nitrogens with zero attached hydrogens (tertiary/aromatic N) is 1. The van der Waals surface area contributed by atoms with Crippen LogP contribution in [0.1, 0.15) is 66.7 Å². The Labute approximate surface area is 221 Å². The molecule has 0 bridgehead atoms. The molecule has 0 unspecified atom stereocenters. The molecule has 1 aliphatic carbocycles. The van der Waals surface area contributed by atoms with Gasteiger partial charge in [-0.1, -0.05) is 32.6 Å². The zero-order valence-electron chi connectivity index (χ0n) is 20.2. The molecule has 2 nitrogen and oxygen atoms in total. The number of hydrogen-bond acceptors (Lipinski definition) is 4. The van der Waals surface area contributed by atoms with Crippen molar-refractivity contribution in [2.24, 2.45) is 17.8 Å². The number of thioether (sulfide) groups is 2. The van der Waals surface area contributed by atoms with Crippen molar-refractivity contribution in [3.63, 3.8) is 0 Å². The summed E-state index contributed by atoms with van der Waals surface area (Å²) in [6, 6.07) is 3.72. The Morgan fingerprint density at radius 3 is 1.97 bits per heavy atom. The van der Waals surface area contributed by atoms with Crippen LogP contribution in [-0.4, -0.2) is 11.5 Å². The molecule has 1 heterocycles. The Kier molecular flexibility index (Phi) is 8.95. The molecule has 0 N–H and O–H groups in total. The van der Waals surface area contributed by atoms with Crippen molar-refractivity contribution in [1.82, 2.24) is 0 Å². The number of ether oxygens (including phenoxy) is 1. The van der Waals surface area contributed by atoms with E-state index in [2.05, 4.69) is 11.7 Å². The lowest BCUT2D eigenvalue weighted by atomic mass is 9.75. The lowest BCUT2D eigenvalue weighted by Gasteiger charge is -2.37. The fourth-order valence-corrected chi connectivity index (χ4v) is 8.55. The molecular weight excluding hydrogens is 532 g/mol. The van der Waals surface area contributed by atoms with E-state index >= 15 is 0 Å². The second-order valence-electron chi connectivity index (χ2n) is 9.68. The Hall–Kier alpha value is -1.99. The Balaban J connectivity index is 1.42. The first kappa shape index (κ1) is 28.0. The van der Waals surface area contributed by atoms with Crippen LogP contribution in [0.2, 0.25) is 0 Å². The van der Waals surface area contributed by atoms with Crippen molar-refractivity contribution in [2.45, 2.75) is 56.1 Å². The summed E-state index contributed by atoms with van der Waals surface area (Å²) < 4.78 is 90.5. The summed E-state index contributed by atoms with van der Waals surface area (Å²) in [5, 5.41) is 8.69. The van der Waals surface area contributed by atoms with Crippen LogP contribution in [0.4, 0.5) is 26.3 Å². The van der Waals surface area contributed by atoms with Gasteiger partial charge in [0.2, 0.25) is 0 Å². The van der Waals surface area contributed by atoms with Gasteiger partial charge in [0, 0.05) is 12.1 Å². The van der Waals surface area contributed by atoms with E-state index in [1.165, 1.54) is 44.6 Å². The van der Waals surface area contributed by atoms with E-state index in [1.807, 2.05) is 0 Å². The number of alkyl halides is 2. The maximum absolute atomic E-state index is 14.8. The number of benzene rings is 2. The fourth-order valence-electron chi connectivity index (χ4n) is 5.26. The SMILES string of the molecule is CCCC1CCC(C2CSC(c3cc(F)c(C(F)(F)Oc4cc(F)c(C#N)c(F)c4)c(F)c3)SC2)CC1. The summed E-state index contributed by atoms with van der Waals surface area (Å²) in [7, 11) is 0. The summed E-state index contributed by atoms with van der Waals surface area (Å²) in [6.45, 7) is 2.21. The van der Waals surface area contributed by atoms with Gasteiger partial charge >= 0.3 is 6.11 Å². The van der Waals surface area contributed by atoms with Gasteiger partial charge in [-0.15, -0.1) is 23.5 Å². The van der Waals surface area contributed by atoms with Crippen molar-refractivity contribution in [3.8, 4) is 11.8 Å². The van der Waals surface area contributed by atoms with E-state index in [0.29, 0.717) is 24.0 Å². The highest BCUT2D eigenvalue weighted by Crippen LogP contribution is 2.50. The minimum absolute atomic E-state index is 0.255. The van der Waals surface area contributed by atoms with Crippen molar-refractivity contribution in [2.75, 3.05) is 11.5 Å². The molecule has 0 aromatic heterocycles. The zero-order chi connectivity index (χ0) is 26.7. The van der Waals surface area contributed by atoms with Gasteiger partial charge in [0.15, 0.2) is 0 Å². The molecule has 37 heavy (non-hydrogen) atoms. The Morgan fingerprint density at radius 1 is 0.892 bits per heavy atom. The first-order chi connectivity index (χ1) is 17.6. The molecule has 200 valence electrons. The number of hydrogen-bond donors (Lipinski definition) is 0. The maximum Gasteiger partial charge on any atom is 0.432 e. The molecule has 4 rings (SSSR count). The third-order valence-electron chi connectivity index (χ3n) is 7.18. The monoisotopic (exact) mass is 559 g/mol. The fraction of sp³-hybridized carbons (Fsp3) is 0.519. The molecule has 0 atom stereocenters. The highest BCUT2D eigenvalue weighted by molar-refractivity contribution is 8.16. The van der Waals surface area contributed by atoms with Gasteiger partial charge in [-0.25, -0.2) is 17.6 Å². The predicted molar refractivity (Wildman–Crippen MR) is 133 cm³/mol. The van der Waals surface area contributed by atoms with Crippen molar-refractivity contribution >= 4 is 23.5 Å². The van der Waals surface area contributed by atoms with Crippen LogP contribution in [0.25, 0.3) is 0 Å². The number of rotatable bonds is 7. The first-order valence-electron chi connectivity index (χ1n) is 12.3. The Morgan fingerprint density at radius 2 is 1.46 bits per heavy atom. The van der Waals surface area contributed by atoms with E-state index in [-0.39, 0.29) is 10.1 Å². The van der Waals surface area contributed by atoms with Gasteiger partial charge < -0.3 is 4.74 Å². The van der Waals surface area contributed by atoms with Crippen LogP contribution < -0.4 is 4.74 Å². The van der Waals surface area contributed by atoms with Gasteiger partial charge in [0.1, 0.15) is 46.2 Å². The van der Waals surface area contributed by atoms with Gasteiger partial charge in [0.25, 0.3) is 0 Å². The third-order valence-corrected chi connectivity index (χ3v) is 10.4. The van der Waals surface area contributed by atoms with Crippen LogP contribution >= 0.6 is 23.5 Å². The summed E-state index contributed by atoms with van der Waals surface area (Å²) in [6.07, 6.45) is 2.87.